The van der Waals surface area contributed by atoms with Crippen LogP contribution in [0.1, 0.15) is 37.9 Å². The summed E-state index contributed by atoms with van der Waals surface area (Å²) in [4.78, 5) is 0.881. The Labute approximate surface area is 85.2 Å². The topological polar surface area (TPSA) is 20.2 Å². The predicted molar refractivity (Wildman–Crippen MR) is 58.2 cm³/mol. The van der Waals surface area contributed by atoms with Gasteiger partial charge in [0.1, 0.15) is 0 Å². The summed E-state index contributed by atoms with van der Waals surface area (Å²) in [7, 11) is 0. The minimum Gasteiger partial charge on any atom is -0.388 e. The van der Waals surface area contributed by atoms with Gasteiger partial charge in [-0.15, -0.1) is 12.6 Å². The average molecular weight is 196 g/mol. The quantitative estimate of drug-likeness (QED) is 0.709. The molecule has 0 radical (unpaired) electrons. The van der Waals surface area contributed by atoms with Crippen molar-refractivity contribution < 1.29 is 5.11 Å². The summed E-state index contributed by atoms with van der Waals surface area (Å²) in [5.41, 5.74) is 0.944. The first kappa shape index (κ1) is 10.6. The third kappa shape index (κ3) is 3.05. The van der Waals surface area contributed by atoms with Gasteiger partial charge in [-0.2, -0.15) is 0 Å². The van der Waals surface area contributed by atoms with Gasteiger partial charge < -0.3 is 5.11 Å². The molecule has 1 rings (SSSR count). The number of aliphatic hydroxyl groups is 1. The molecule has 72 valence electrons. The third-order valence-electron chi connectivity index (χ3n) is 2.13. The van der Waals surface area contributed by atoms with E-state index in [1.807, 2.05) is 24.3 Å². The van der Waals surface area contributed by atoms with Gasteiger partial charge in [0.15, 0.2) is 0 Å². The molecule has 0 aromatic heterocycles. The van der Waals surface area contributed by atoms with Crippen LogP contribution in [0.25, 0.3) is 0 Å². The van der Waals surface area contributed by atoms with E-state index in [0.29, 0.717) is 0 Å². The molecule has 1 atom stereocenters. The number of hydrogen-bond donors (Lipinski definition) is 2. The highest BCUT2D eigenvalue weighted by molar-refractivity contribution is 7.80. The van der Waals surface area contributed by atoms with E-state index in [4.69, 9.17) is 0 Å². The Bertz CT molecular complexity index is 260. The van der Waals surface area contributed by atoms with Gasteiger partial charge >= 0.3 is 0 Å². The molecular weight excluding hydrogens is 180 g/mol. The van der Waals surface area contributed by atoms with E-state index in [2.05, 4.69) is 19.6 Å². The Morgan fingerprint density at radius 1 is 1.38 bits per heavy atom. The van der Waals surface area contributed by atoms with Crippen molar-refractivity contribution in [3.05, 3.63) is 29.8 Å². The molecule has 0 aliphatic rings. The van der Waals surface area contributed by atoms with Crippen molar-refractivity contribution in [2.75, 3.05) is 0 Å². The normalized spacial score (nSPS) is 12.8. The molecule has 1 nitrogen and oxygen atoms in total. The molecule has 0 fully saturated rings. The monoisotopic (exact) mass is 196 g/mol. The third-order valence-corrected chi connectivity index (χ3v) is 2.53. The van der Waals surface area contributed by atoms with Crippen LogP contribution in [-0.4, -0.2) is 5.11 Å². The molecular formula is C11H16OS. The zero-order valence-electron chi connectivity index (χ0n) is 7.90. The smallest absolute Gasteiger partial charge is 0.0800 e. The lowest BCUT2D eigenvalue weighted by Gasteiger charge is -2.11. The molecule has 0 amide bonds. The van der Waals surface area contributed by atoms with Crippen molar-refractivity contribution in [2.24, 2.45) is 0 Å². The van der Waals surface area contributed by atoms with Crippen molar-refractivity contribution in [1.82, 2.24) is 0 Å². The number of thiol groups is 1. The number of benzene rings is 1. The lowest BCUT2D eigenvalue weighted by Crippen LogP contribution is -1.98. The molecule has 0 saturated heterocycles. The first-order valence-electron chi connectivity index (χ1n) is 4.71. The van der Waals surface area contributed by atoms with E-state index >= 15 is 0 Å². The lowest BCUT2D eigenvalue weighted by molar-refractivity contribution is 0.161. The van der Waals surface area contributed by atoms with E-state index < -0.39 is 0 Å². The van der Waals surface area contributed by atoms with Gasteiger partial charge in [0.25, 0.3) is 0 Å². The average Bonchev–Trinajstić information content (AvgIpc) is 2.15. The minimum absolute atomic E-state index is 0.353. The van der Waals surface area contributed by atoms with E-state index in [1.54, 1.807) is 0 Å². The fraction of sp³-hybridized carbons (Fsp3) is 0.455. The highest BCUT2D eigenvalue weighted by Crippen LogP contribution is 2.24. The second-order valence-electron chi connectivity index (χ2n) is 3.22. The second kappa shape index (κ2) is 5.30. The molecule has 0 aliphatic carbocycles. The Balaban J connectivity index is 2.65. The van der Waals surface area contributed by atoms with Crippen molar-refractivity contribution in [2.45, 2.75) is 37.2 Å². The van der Waals surface area contributed by atoms with Crippen molar-refractivity contribution in [3.63, 3.8) is 0 Å². The summed E-state index contributed by atoms with van der Waals surface area (Å²) >= 11 is 4.30. The fourth-order valence-electron chi connectivity index (χ4n) is 1.32. The van der Waals surface area contributed by atoms with Crippen LogP contribution in [-0.2, 0) is 0 Å². The highest BCUT2D eigenvalue weighted by Gasteiger charge is 2.08. The fourth-order valence-corrected chi connectivity index (χ4v) is 1.63. The lowest BCUT2D eigenvalue weighted by atomic mass is 10.0. The van der Waals surface area contributed by atoms with Crippen LogP contribution in [0.5, 0.6) is 0 Å². The number of hydrogen-bond acceptors (Lipinski definition) is 2. The molecule has 1 unspecified atom stereocenters. The Morgan fingerprint density at radius 2 is 2.08 bits per heavy atom. The molecule has 0 heterocycles. The largest absolute Gasteiger partial charge is 0.388 e. The molecule has 13 heavy (non-hydrogen) atoms. The molecule has 1 aromatic carbocycles. The van der Waals surface area contributed by atoms with Crippen LogP contribution >= 0.6 is 12.6 Å². The molecule has 1 N–H and O–H groups in total. The molecule has 0 bridgehead atoms. The van der Waals surface area contributed by atoms with E-state index in [9.17, 15) is 5.11 Å². The minimum atomic E-state index is -0.353. The summed E-state index contributed by atoms with van der Waals surface area (Å²) in [5, 5.41) is 9.78. The maximum absolute atomic E-state index is 9.78. The number of aliphatic hydroxyl groups excluding tert-OH is 1. The molecule has 0 saturated carbocycles. The number of unbranched alkanes of at least 4 members (excludes halogenated alkanes) is 1. The predicted octanol–water partition coefficient (Wildman–Crippen LogP) is 3.20. The first-order valence-corrected chi connectivity index (χ1v) is 5.16. The molecule has 2 heteroatoms. The first-order chi connectivity index (χ1) is 6.25. The van der Waals surface area contributed by atoms with Crippen LogP contribution in [0.3, 0.4) is 0 Å². The van der Waals surface area contributed by atoms with Crippen LogP contribution < -0.4 is 0 Å². The maximum atomic E-state index is 9.78. The van der Waals surface area contributed by atoms with E-state index in [1.165, 1.54) is 0 Å². The summed E-state index contributed by atoms with van der Waals surface area (Å²) in [6.07, 6.45) is 2.65. The van der Waals surface area contributed by atoms with Gasteiger partial charge in [-0.1, -0.05) is 38.0 Å². The van der Waals surface area contributed by atoms with Gasteiger partial charge in [-0.05, 0) is 18.1 Å². The molecule has 1 aromatic rings. The van der Waals surface area contributed by atoms with Crippen LogP contribution in [0.4, 0.5) is 0 Å². The van der Waals surface area contributed by atoms with Gasteiger partial charge in [0.05, 0.1) is 6.10 Å². The van der Waals surface area contributed by atoms with Crippen molar-refractivity contribution in [3.8, 4) is 0 Å². The summed E-state index contributed by atoms with van der Waals surface area (Å²) < 4.78 is 0. The van der Waals surface area contributed by atoms with Crippen molar-refractivity contribution in [1.29, 1.82) is 0 Å². The Kier molecular flexibility index (Phi) is 4.33. The molecule has 0 aliphatic heterocycles. The second-order valence-corrected chi connectivity index (χ2v) is 3.70. The van der Waals surface area contributed by atoms with Gasteiger partial charge in [0, 0.05) is 4.90 Å². The van der Waals surface area contributed by atoms with E-state index in [0.717, 1.165) is 29.7 Å². The summed E-state index contributed by atoms with van der Waals surface area (Å²) in [6.45, 7) is 2.12. The Hall–Kier alpha value is -0.470. The number of rotatable bonds is 4. The van der Waals surface area contributed by atoms with Crippen LogP contribution in [0.2, 0.25) is 0 Å². The highest BCUT2D eigenvalue weighted by atomic mass is 32.1. The van der Waals surface area contributed by atoms with Crippen LogP contribution in [0.15, 0.2) is 29.2 Å². The standard InChI is InChI=1S/C11H16OS/c1-2-3-7-10(12)9-6-4-5-8-11(9)13/h4-6,8,10,12-13H,2-3,7H2,1H3. The van der Waals surface area contributed by atoms with Crippen LogP contribution in [0, 0.1) is 0 Å². The summed E-state index contributed by atoms with van der Waals surface area (Å²) in [5.74, 6) is 0. The maximum Gasteiger partial charge on any atom is 0.0800 e. The Morgan fingerprint density at radius 3 is 2.69 bits per heavy atom. The zero-order chi connectivity index (χ0) is 9.68. The SMILES string of the molecule is CCCCC(O)c1ccccc1S. The van der Waals surface area contributed by atoms with Crippen molar-refractivity contribution >= 4 is 12.6 Å². The molecule has 0 spiro atoms. The van der Waals surface area contributed by atoms with Gasteiger partial charge in [-0.3, -0.25) is 0 Å². The van der Waals surface area contributed by atoms with Gasteiger partial charge in [0.2, 0.25) is 0 Å². The zero-order valence-corrected chi connectivity index (χ0v) is 8.80. The summed E-state index contributed by atoms with van der Waals surface area (Å²) in [6, 6.07) is 7.71. The van der Waals surface area contributed by atoms with E-state index in [-0.39, 0.29) is 6.10 Å². The van der Waals surface area contributed by atoms with Gasteiger partial charge in [-0.25, -0.2) is 0 Å².